The van der Waals surface area contributed by atoms with Gasteiger partial charge >= 0.3 is 0 Å². The molecular weight excluding hydrogens is 390 g/mol. The van der Waals surface area contributed by atoms with Gasteiger partial charge in [-0.15, -0.1) is 10.2 Å². The molecule has 0 unspecified atom stereocenters. The summed E-state index contributed by atoms with van der Waals surface area (Å²) < 4.78 is 7.31. The summed E-state index contributed by atoms with van der Waals surface area (Å²) in [5, 5.41) is 12.0. The van der Waals surface area contributed by atoms with Gasteiger partial charge in [0.25, 0.3) is 0 Å². The molecule has 1 aromatic carbocycles. The number of aliphatic imine (C=N–C) groups is 1. The minimum Gasteiger partial charge on any atom is -0.497 e. The molecule has 1 aliphatic heterocycles. The van der Waals surface area contributed by atoms with Crippen LogP contribution in [0.15, 0.2) is 53.7 Å². The average Bonchev–Trinajstić information content (AvgIpc) is 3.24. The number of ether oxygens (including phenoxy) is 1. The number of hydrogen-bond acceptors (Lipinski definition) is 5. The van der Waals surface area contributed by atoms with E-state index < -0.39 is 0 Å². The molecule has 8 nitrogen and oxygen atoms in total. The molecule has 0 saturated carbocycles. The maximum absolute atomic E-state index is 5.26. The van der Waals surface area contributed by atoms with E-state index in [1.54, 1.807) is 7.11 Å². The first kappa shape index (κ1) is 21.0. The Morgan fingerprint density at radius 1 is 1.06 bits per heavy atom. The number of nitrogens with one attached hydrogen (secondary N) is 1. The van der Waals surface area contributed by atoms with E-state index in [9.17, 15) is 0 Å². The second-order valence-electron chi connectivity index (χ2n) is 7.56. The Hall–Kier alpha value is -3.29. The fraction of sp³-hybridized carbons (Fsp3) is 0.435. The summed E-state index contributed by atoms with van der Waals surface area (Å²) in [7, 11) is 1.70. The molecule has 164 valence electrons. The van der Waals surface area contributed by atoms with Crippen LogP contribution in [-0.4, -0.2) is 71.8 Å². The second-order valence-corrected chi connectivity index (χ2v) is 7.56. The maximum Gasteiger partial charge on any atom is 0.194 e. The van der Waals surface area contributed by atoms with E-state index >= 15 is 0 Å². The lowest BCUT2D eigenvalue weighted by atomic mass is 10.2. The Balaban J connectivity index is 1.30. The SMILES string of the molecule is CCNC(=NCCCc1nnc2ccccn12)N1CCN(c2ccc(OC)cc2)CC1. The Labute approximate surface area is 183 Å². The quantitative estimate of drug-likeness (QED) is 0.359. The number of hydrogen-bond donors (Lipinski definition) is 1. The van der Waals surface area contributed by atoms with Gasteiger partial charge in [0.05, 0.1) is 7.11 Å². The van der Waals surface area contributed by atoms with Crippen LogP contribution >= 0.6 is 0 Å². The summed E-state index contributed by atoms with van der Waals surface area (Å²) in [4.78, 5) is 9.65. The van der Waals surface area contributed by atoms with Crippen LogP contribution in [0, 0.1) is 0 Å². The third kappa shape index (κ3) is 5.07. The molecule has 0 radical (unpaired) electrons. The van der Waals surface area contributed by atoms with Crippen molar-refractivity contribution in [1.82, 2.24) is 24.8 Å². The van der Waals surface area contributed by atoms with Crippen LogP contribution in [0.4, 0.5) is 5.69 Å². The number of piperazine rings is 1. The molecule has 0 aliphatic carbocycles. The Morgan fingerprint density at radius 2 is 1.87 bits per heavy atom. The molecule has 8 heteroatoms. The lowest BCUT2D eigenvalue weighted by Gasteiger charge is -2.37. The van der Waals surface area contributed by atoms with Crippen LogP contribution in [0.25, 0.3) is 5.65 Å². The average molecular weight is 422 g/mol. The van der Waals surface area contributed by atoms with Gasteiger partial charge in [0, 0.05) is 57.6 Å². The highest BCUT2D eigenvalue weighted by molar-refractivity contribution is 5.80. The predicted molar refractivity (Wildman–Crippen MR) is 124 cm³/mol. The van der Waals surface area contributed by atoms with Crippen molar-refractivity contribution in [3.63, 3.8) is 0 Å². The van der Waals surface area contributed by atoms with Crippen molar-refractivity contribution >= 4 is 17.3 Å². The largest absolute Gasteiger partial charge is 0.497 e. The standard InChI is InChI=1S/C23H31N7O/c1-3-24-23(25-13-6-8-22-27-26-21-7-4-5-14-30(21)22)29-17-15-28(16-18-29)19-9-11-20(31-2)12-10-19/h4-5,7,9-12,14H,3,6,8,13,15-18H2,1-2H3,(H,24,25). The first-order valence-corrected chi connectivity index (χ1v) is 11.0. The Morgan fingerprint density at radius 3 is 2.61 bits per heavy atom. The summed E-state index contributed by atoms with van der Waals surface area (Å²) in [5.74, 6) is 2.88. The Bertz CT molecular complexity index is 991. The topological polar surface area (TPSA) is 70.3 Å². The molecule has 3 aromatic rings. The van der Waals surface area contributed by atoms with E-state index in [1.165, 1.54) is 5.69 Å². The number of aryl methyl sites for hydroxylation is 1. The van der Waals surface area contributed by atoms with Gasteiger partial charge in [-0.2, -0.15) is 0 Å². The predicted octanol–water partition coefficient (Wildman–Crippen LogP) is 2.46. The molecule has 1 saturated heterocycles. The zero-order valence-electron chi connectivity index (χ0n) is 18.4. The van der Waals surface area contributed by atoms with Crippen LogP contribution in [0.1, 0.15) is 19.2 Å². The molecule has 0 atom stereocenters. The van der Waals surface area contributed by atoms with Gasteiger partial charge in [-0.25, -0.2) is 0 Å². The highest BCUT2D eigenvalue weighted by Gasteiger charge is 2.19. The second kappa shape index (κ2) is 10.1. The van der Waals surface area contributed by atoms with Gasteiger partial charge in [0.1, 0.15) is 11.6 Å². The van der Waals surface area contributed by atoms with Crippen LogP contribution in [0.3, 0.4) is 0 Å². The van der Waals surface area contributed by atoms with E-state index in [0.29, 0.717) is 0 Å². The molecule has 1 N–H and O–H groups in total. The molecule has 3 heterocycles. The van der Waals surface area contributed by atoms with Crippen molar-refractivity contribution in [2.24, 2.45) is 4.99 Å². The lowest BCUT2D eigenvalue weighted by Crippen LogP contribution is -2.52. The molecule has 4 rings (SSSR count). The normalized spacial score (nSPS) is 14.8. The lowest BCUT2D eigenvalue weighted by molar-refractivity contribution is 0.372. The monoisotopic (exact) mass is 421 g/mol. The molecule has 31 heavy (non-hydrogen) atoms. The summed E-state index contributed by atoms with van der Waals surface area (Å²) >= 11 is 0. The molecular formula is C23H31N7O. The number of pyridine rings is 1. The zero-order chi connectivity index (χ0) is 21.5. The molecule has 0 bridgehead atoms. The van der Waals surface area contributed by atoms with E-state index in [1.807, 2.05) is 40.9 Å². The molecule has 0 spiro atoms. The van der Waals surface area contributed by atoms with Gasteiger partial charge in [-0.1, -0.05) is 6.07 Å². The van der Waals surface area contributed by atoms with Crippen molar-refractivity contribution in [3.05, 3.63) is 54.5 Å². The number of nitrogens with zero attached hydrogens (tertiary/aromatic N) is 6. The summed E-state index contributed by atoms with van der Waals surface area (Å²) in [6.45, 7) is 7.60. The first-order chi connectivity index (χ1) is 15.3. The molecule has 2 aromatic heterocycles. The van der Waals surface area contributed by atoms with Crippen molar-refractivity contribution in [1.29, 1.82) is 0 Å². The highest BCUT2D eigenvalue weighted by Crippen LogP contribution is 2.20. The van der Waals surface area contributed by atoms with Crippen LogP contribution in [0.2, 0.25) is 0 Å². The number of methoxy groups -OCH3 is 1. The summed E-state index contributed by atoms with van der Waals surface area (Å²) in [6, 6.07) is 14.3. The number of fused-ring (bicyclic) bond motifs is 1. The van der Waals surface area contributed by atoms with Gasteiger partial charge in [0.15, 0.2) is 11.6 Å². The number of anilines is 1. The van der Waals surface area contributed by atoms with E-state index in [0.717, 1.165) is 75.3 Å². The molecule has 1 aliphatic rings. The van der Waals surface area contributed by atoms with E-state index in [-0.39, 0.29) is 0 Å². The van der Waals surface area contributed by atoms with Gasteiger partial charge in [-0.3, -0.25) is 9.39 Å². The van der Waals surface area contributed by atoms with Crippen molar-refractivity contribution in [2.45, 2.75) is 19.8 Å². The number of guanidine groups is 1. The molecule has 1 fully saturated rings. The van der Waals surface area contributed by atoms with Crippen molar-refractivity contribution in [3.8, 4) is 5.75 Å². The Kier molecular flexibility index (Phi) is 6.86. The van der Waals surface area contributed by atoms with Gasteiger partial charge in [0.2, 0.25) is 0 Å². The third-order valence-electron chi connectivity index (χ3n) is 5.56. The summed E-state index contributed by atoms with van der Waals surface area (Å²) in [6.07, 6.45) is 3.82. The van der Waals surface area contributed by atoms with Crippen LogP contribution < -0.4 is 15.0 Å². The van der Waals surface area contributed by atoms with Crippen LogP contribution in [0.5, 0.6) is 5.75 Å². The van der Waals surface area contributed by atoms with Crippen molar-refractivity contribution < 1.29 is 4.74 Å². The number of benzene rings is 1. The maximum atomic E-state index is 5.26. The van der Waals surface area contributed by atoms with E-state index in [4.69, 9.17) is 9.73 Å². The van der Waals surface area contributed by atoms with E-state index in [2.05, 4.69) is 44.4 Å². The highest BCUT2D eigenvalue weighted by atomic mass is 16.5. The zero-order valence-corrected chi connectivity index (χ0v) is 18.4. The van der Waals surface area contributed by atoms with Gasteiger partial charge in [-0.05, 0) is 49.7 Å². The fourth-order valence-corrected chi connectivity index (χ4v) is 3.88. The number of rotatable bonds is 7. The third-order valence-corrected chi connectivity index (χ3v) is 5.56. The minimum absolute atomic E-state index is 0.767. The van der Waals surface area contributed by atoms with Crippen LogP contribution in [-0.2, 0) is 6.42 Å². The van der Waals surface area contributed by atoms with Crippen molar-refractivity contribution in [2.75, 3.05) is 51.3 Å². The van der Waals surface area contributed by atoms with Gasteiger partial charge < -0.3 is 19.9 Å². The first-order valence-electron chi connectivity index (χ1n) is 11.0. The summed E-state index contributed by atoms with van der Waals surface area (Å²) in [5.41, 5.74) is 2.13. The fourth-order valence-electron chi connectivity index (χ4n) is 3.88. The smallest absolute Gasteiger partial charge is 0.194 e. The minimum atomic E-state index is 0.767. The number of aromatic nitrogens is 3. The molecule has 0 amide bonds.